The Bertz CT molecular complexity index is 562. The van der Waals surface area contributed by atoms with E-state index >= 15 is 0 Å². The van der Waals surface area contributed by atoms with Crippen LogP contribution in [0.3, 0.4) is 0 Å². The molecule has 8 heteroatoms. The molecule has 0 bridgehead atoms. The number of carboxylic acids is 1. The second kappa shape index (κ2) is 5.30. The van der Waals surface area contributed by atoms with Crippen molar-refractivity contribution in [3.63, 3.8) is 0 Å². The number of unbranched alkanes of at least 4 members (excludes halogenated alkanes) is 1. The SMILES string of the molecule is CCCCN(C1CC1)S(=O)(=O)c1[nH]ncc1C(=O)O. The first-order chi connectivity index (χ1) is 8.98. The lowest BCUT2D eigenvalue weighted by Gasteiger charge is -2.20. The molecule has 2 N–H and O–H groups in total. The van der Waals surface area contributed by atoms with Gasteiger partial charge in [-0.05, 0) is 19.3 Å². The highest BCUT2D eigenvalue weighted by atomic mass is 32.2. The van der Waals surface area contributed by atoms with E-state index in [1.165, 1.54) is 4.31 Å². The minimum absolute atomic E-state index is 0.00138. The van der Waals surface area contributed by atoms with Crippen LogP contribution in [0.5, 0.6) is 0 Å². The Labute approximate surface area is 111 Å². The third kappa shape index (κ3) is 2.79. The molecule has 0 saturated heterocycles. The van der Waals surface area contributed by atoms with Gasteiger partial charge in [0.1, 0.15) is 5.56 Å². The van der Waals surface area contributed by atoms with E-state index in [9.17, 15) is 13.2 Å². The second-order valence-electron chi connectivity index (χ2n) is 4.62. The largest absolute Gasteiger partial charge is 0.478 e. The van der Waals surface area contributed by atoms with Crippen molar-refractivity contribution in [1.29, 1.82) is 0 Å². The molecule has 0 spiro atoms. The molecule has 0 radical (unpaired) electrons. The number of hydrogen-bond acceptors (Lipinski definition) is 4. The van der Waals surface area contributed by atoms with Crippen LogP contribution in [-0.2, 0) is 10.0 Å². The molecule has 1 aliphatic rings. The predicted octanol–water partition coefficient (Wildman–Crippen LogP) is 1.06. The van der Waals surface area contributed by atoms with Crippen LogP contribution in [0.4, 0.5) is 0 Å². The molecule has 1 aliphatic carbocycles. The van der Waals surface area contributed by atoms with Crippen LogP contribution in [0.2, 0.25) is 0 Å². The highest BCUT2D eigenvalue weighted by Gasteiger charge is 2.40. The summed E-state index contributed by atoms with van der Waals surface area (Å²) in [7, 11) is -3.81. The van der Waals surface area contributed by atoms with Gasteiger partial charge < -0.3 is 5.11 Å². The lowest BCUT2D eigenvalue weighted by Crippen LogP contribution is -2.35. The molecule has 0 amide bonds. The number of aromatic nitrogens is 2. The second-order valence-corrected chi connectivity index (χ2v) is 6.45. The van der Waals surface area contributed by atoms with Crippen LogP contribution >= 0.6 is 0 Å². The monoisotopic (exact) mass is 287 g/mol. The molecule has 19 heavy (non-hydrogen) atoms. The highest BCUT2D eigenvalue weighted by Crippen LogP contribution is 2.32. The molecule has 0 aliphatic heterocycles. The Morgan fingerprint density at radius 2 is 2.26 bits per heavy atom. The Kier molecular flexibility index (Phi) is 3.91. The Morgan fingerprint density at radius 3 is 2.79 bits per heavy atom. The molecular weight excluding hydrogens is 270 g/mol. The summed E-state index contributed by atoms with van der Waals surface area (Å²) in [5.74, 6) is -1.29. The van der Waals surface area contributed by atoms with Crippen molar-refractivity contribution in [3.05, 3.63) is 11.8 Å². The number of nitrogens with zero attached hydrogens (tertiary/aromatic N) is 2. The molecule has 7 nitrogen and oxygen atoms in total. The summed E-state index contributed by atoms with van der Waals surface area (Å²) in [4.78, 5) is 11.0. The fraction of sp³-hybridized carbons (Fsp3) is 0.636. The number of carbonyl (C=O) groups is 1. The number of aromatic amines is 1. The van der Waals surface area contributed by atoms with Gasteiger partial charge in [-0.3, -0.25) is 5.10 Å². The van der Waals surface area contributed by atoms with Gasteiger partial charge in [0.25, 0.3) is 10.0 Å². The number of rotatable bonds is 7. The summed E-state index contributed by atoms with van der Waals surface area (Å²) in [6.45, 7) is 2.40. The molecule has 1 aromatic rings. The summed E-state index contributed by atoms with van der Waals surface area (Å²) in [5, 5.41) is 14.5. The zero-order valence-corrected chi connectivity index (χ0v) is 11.5. The maximum Gasteiger partial charge on any atom is 0.340 e. The smallest absolute Gasteiger partial charge is 0.340 e. The Morgan fingerprint density at radius 1 is 1.58 bits per heavy atom. The van der Waals surface area contributed by atoms with Crippen molar-refractivity contribution in [2.24, 2.45) is 0 Å². The van der Waals surface area contributed by atoms with E-state index in [1.807, 2.05) is 6.92 Å². The maximum atomic E-state index is 12.5. The van der Waals surface area contributed by atoms with E-state index in [0.717, 1.165) is 31.9 Å². The van der Waals surface area contributed by atoms with Gasteiger partial charge in [-0.25, -0.2) is 13.2 Å². The molecule has 1 heterocycles. The first kappa shape index (κ1) is 14.0. The standard InChI is InChI=1S/C11H17N3O4S/c1-2-3-6-14(8-4-5-8)19(17,18)10-9(11(15)16)7-12-13-10/h7-8H,2-6H2,1H3,(H,12,13)(H,15,16). The predicted molar refractivity (Wildman–Crippen MR) is 67.4 cm³/mol. The summed E-state index contributed by atoms with van der Waals surface area (Å²) in [5.41, 5.74) is -0.304. The van der Waals surface area contributed by atoms with E-state index in [4.69, 9.17) is 5.11 Å². The summed E-state index contributed by atoms with van der Waals surface area (Å²) in [6.07, 6.45) is 4.33. The van der Waals surface area contributed by atoms with Gasteiger partial charge in [-0.2, -0.15) is 9.40 Å². The van der Waals surface area contributed by atoms with Crippen LogP contribution in [0.15, 0.2) is 11.2 Å². The van der Waals surface area contributed by atoms with E-state index < -0.39 is 16.0 Å². The number of nitrogens with one attached hydrogen (secondary N) is 1. The summed E-state index contributed by atoms with van der Waals surface area (Å²) in [6, 6.07) is 0.00138. The topological polar surface area (TPSA) is 103 Å². The molecule has 1 fully saturated rings. The normalized spacial score (nSPS) is 15.9. The number of H-pyrrole nitrogens is 1. The van der Waals surface area contributed by atoms with Gasteiger partial charge in [0.05, 0.1) is 6.20 Å². The third-order valence-corrected chi connectivity index (χ3v) is 5.01. The molecule has 0 atom stereocenters. The van der Waals surface area contributed by atoms with Crippen molar-refractivity contribution >= 4 is 16.0 Å². The van der Waals surface area contributed by atoms with Crippen molar-refractivity contribution in [2.45, 2.75) is 43.7 Å². The minimum Gasteiger partial charge on any atom is -0.478 e. The minimum atomic E-state index is -3.81. The van der Waals surface area contributed by atoms with E-state index in [1.54, 1.807) is 0 Å². The average Bonchev–Trinajstić information content (AvgIpc) is 3.04. The van der Waals surface area contributed by atoms with Crippen molar-refractivity contribution < 1.29 is 18.3 Å². The molecule has 1 saturated carbocycles. The number of hydrogen-bond donors (Lipinski definition) is 2. The summed E-state index contributed by atoms with van der Waals surface area (Å²) < 4.78 is 26.4. The fourth-order valence-electron chi connectivity index (χ4n) is 1.92. The molecule has 1 aromatic heterocycles. The lowest BCUT2D eigenvalue weighted by molar-refractivity contribution is 0.0692. The Balaban J connectivity index is 2.33. The number of sulfonamides is 1. The van der Waals surface area contributed by atoms with Crippen LogP contribution in [-0.4, -0.2) is 46.6 Å². The van der Waals surface area contributed by atoms with Gasteiger partial charge in [0, 0.05) is 12.6 Å². The van der Waals surface area contributed by atoms with Gasteiger partial charge in [0.2, 0.25) is 0 Å². The van der Waals surface area contributed by atoms with Crippen molar-refractivity contribution in [3.8, 4) is 0 Å². The molecule has 2 rings (SSSR count). The van der Waals surface area contributed by atoms with Crippen molar-refractivity contribution in [1.82, 2.24) is 14.5 Å². The molecule has 0 aromatic carbocycles. The third-order valence-electron chi connectivity index (χ3n) is 3.09. The van der Waals surface area contributed by atoms with Crippen molar-refractivity contribution in [2.75, 3.05) is 6.54 Å². The van der Waals surface area contributed by atoms with Crippen LogP contribution in [0, 0.1) is 0 Å². The van der Waals surface area contributed by atoms with Crippen LogP contribution < -0.4 is 0 Å². The number of aromatic carboxylic acids is 1. The highest BCUT2D eigenvalue weighted by molar-refractivity contribution is 7.89. The van der Waals surface area contributed by atoms with Crippen LogP contribution in [0.1, 0.15) is 43.0 Å². The lowest BCUT2D eigenvalue weighted by atomic mass is 10.3. The van der Waals surface area contributed by atoms with E-state index in [2.05, 4.69) is 10.2 Å². The Hall–Kier alpha value is -1.41. The first-order valence-corrected chi connectivity index (χ1v) is 7.71. The molecule has 0 unspecified atom stereocenters. The fourth-order valence-corrected chi connectivity index (χ4v) is 3.71. The maximum absolute atomic E-state index is 12.5. The van der Waals surface area contributed by atoms with Crippen LogP contribution in [0.25, 0.3) is 0 Å². The van der Waals surface area contributed by atoms with E-state index in [0.29, 0.717) is 6.54 Å². The average molecular weight is 287 g/mol. The molecule has 106 valence electrons. The number of carboxylic acid groups (broad SMARTS) is 1. The van der Waals surface area contributed by atoms with Gasteiger partial charge in [0.15, 0.2) is 5.03 Å². The van der Waals surface area contributed by atoms with Gasteiger partial charge in [-0.15, -0.1) is 0 Å². The van der Waals surface area contributed by atoms with E-state index in [-0.39, 0.29) is 16.6 Å². The van der Waals surface area contributed by atoms with Gasteiger partial charge in [-0.1, -0.05) is 13.3 Å². The first-order valence-electron chi connectivity index (χ1n) is 6.27. The zero-order valence-electron chi connectivity index (χ0n) is 10.7. The quantitative estimate of drug-likeness (QED) is 0.780. The van der Waals surface area contributed by atoms with Gasteiger partial charge >= 0.3 is 5.97 Å². The zero-order chi connectivity index (χ0) is 14.0. The molecular formula is C11H17N3O4S. The summed E-state index contributed by atoms with van der Waals surface area (Å²) >= 11 is 0.